The number of rotatable bonds is 4. The highest BCUT2D eigenvalue weighted by atomic mass is 32.1. The second kappa shape index (κ2) is 6.70. The van der Waals surface area contributed by atoms with Crippen molar-refractivity contribution in [1.29, 1.82) is 0 Å². The summed E-state index contributed by atoms with van der Waals surface area (Å²) >= 11 is 1.41. The molecule has 0 unspecified atom stereocenters. The Hall–Kier alpha value is -1.36. The van der Waals surface area contributed by atoms with Crippen molar-refractivity contribution in [3.63, 3.8) is 0 Å². The highest BCUT2D eigenvalue weighted by Crippen LogP contribution is 2.16. The predicted molar refractivity (Wildman–Crippen MR) is 76.2 cm³/mol. The Morgan fingerprint density at radius 1 is 1.42 bits per heavy atom. The van der Waals surface area contributed by atoms with Crippen molar-refractivity contribution in [3.8, 4) is 0 Å². The normalized spacial score (nSPS) is 16.4. The van der Waals surface area contributed by atoms with Crippen molar-refractivity contribution < 1.29 is 9.59 Å². The molecule has 19 heavy (non-hydrogen) atoms. The van der Waals surface area contributed by atoms with Crippen LogP contribution < -0.4 is 5.32 Å². The molecule has 1 aromatic rings. The van der Waals surface area contributed by atoms with Gasteiger partial charge in [-0.15, -0.1) is 11.3 Å². The van der Waals surface area contributed by atoms with E-state index in [9.17, 15) is 9.59 Å². The molecule has 0 aromatic carbocycles. The lowest BCUT2D eigenvalue weighted by Gasteiger charge is -2.30. The van der Waals surface area contributed by atoms with E-state index in [-0.39, 0.29) is 11.8 Å². The number of nitrogens with one attached hydrogen (secondary N) is 1. The summed E-state index contributed by atoms with van der Waals surface area (Å²) < 4.78 is 0. The number of carbonyl (C=O) groups is 2. The summed E-state index contributed by atoms with van der Waals surface area (Å²) in [5, 5.41) is 4.66. The van der Waals surface area contributed by atoms with Crippen molar-refractivity contribution in [3.05, 3.63) is 22.4 Å². The molecular formula is C14H20N2O2S. The molecule has 5 heteroatoms. The molecule has 0 radical (unpaired) electrons. The number of hydrogen-bond acceptors (Lipinski definition) is 3. The van der Waals surface area contributed by atoms with E-state index in [1.54, 1.807) is 6.07 Å². The van der Waals surface area contributed by atoms with Crippen LogP contribution in [0.25, 0.3) is 0 Å². The number of hydrogen-bond donors (Lipinski definition) is 1. The summed E-state index contributed by atoms with van der Waals surface area (Å²) in [4.78, 5) is 26.2. The Kier molecular flexibility index (Phi) is 4.96. The van der Waals surface area contributed by atoms with E-state index in [0.717, 1.165) is 31.8 Å². The highest BCUT2D eigenvalue weighted by Gasteiger charge is 2.19. The maximum absolute atomic E-state index is 12.0. The molecule has 2 amide bonds. The van der Waals surface area contributed by atoms with Crippen LogP contribution in [0.2, 0.25) is 0 Å². The van der Waals surface area contributed by atoms with Crippen LogP contribution in [0.15, 0.2) is 17.5 Å². The lowest BCUT2D eigenvalue weighted by molar-refractivity contribution is -0.132. The van der Waals surface area contributed by atoms with Gasteiger partial charge in [-0.3, -0.25) is 9.59 Å². The van der Waals surface area contributed by atoms with Gasteiger partial charge in [0, 0.05) is 26.1 Å². The van der Waals surface area contributed by atoms with Gasteiger partial charge in [0.15, 0.2) is 0 Å². The molecule has 0 saturated carbocycles. The molecule has 2 rings (SSSR count). The molecule has 1 N–H and O–H groups in total. The molecule has 2 heterocycles. The lowest BCUT2D eigenvalue weighted by Crippen LogP contribution is -2.39. The van der Waals surface area contributed by atoms with Crippen LogP contribution in [0.5, 0.6) is 0 Å². The first-order chi connectivity index (χ1) is 9.16. The summed E-state index contributed by atoms with van der Waals surface area (Å²) in [6.45, 7) is 4.36. The molecule has 1 saturated heterocycles. The SMILES string of the molecule is CC1CCN(C(=O)CCNC(=O)c2cccs2)CC1. The Bertz CT molecular complexity index is 423. The maximum Gasteiger partial charge on any atom is 0.261 e. The summed E-state index contributed by atoms with van der Waals surface area (Å²) in [5.74, 6) is 0.788. The van der Waals surface area contributed by atoms with Crippen molar-refractivity contribution in [2.75, 3.05) is 19.6 Å². The number of piperidine rings is 1. The molecule has 1 aromatic heterocycles. The second-order valence-corrected chi connectivity index (χ2v) is 5.99. The minimum Gasteiger partial charge on any atom is -0.351 e. The summed E-state index contributed by atoms with van der Waals surface area (Å²) in [7, 11) is 0. The maximum atomic E-state index is 12.0. The fraction of sp³-hybridized carbons (Fsp3) is 0.571. The minimum atomic E-state index is -0.0879. The van der Waals surface area contributed by atoms with Crippen LogP contribution in [-0.2, 0) is 4.79 Å². The molecule has 0 bridgehead atoms. The third-order valence-electron chi connectivity index (χ3n) is 3.51. The van der Waals surface area contributed by atoms with Crippen molar-refractivity contribution in [2.45, 2.75) is 26.2 Å². The van der Waals surface area contributed by atoms with Crippen LogP contribution in [0.3, 0.4) is 0 Å². The molecule has 1 aliphatic rings. The van der Waals surface area contributed by atoms with Gasteiger partial charge in [0.2, 0.25) is 5.91 Å². The Morgan fingerprint density at radius 3 is 2.79 bits per heavy atom. The number of thiophene rings is 1. The van der Waals surface area contributed by atoms with E-state index in [2.05, 4.69) is 12.2 Å². The number of nitrogens with zero attached hydrogens (tertiary/aromatic N) is 1. The monoisotopic (exact) mass is 280 g/mol. The molecule has 0 spiro atoms. The molecule has 1 aliphatic heterocycles. The largest absolute Gasteiger partial charge is 0.351 e. The van der Waals surface area contributed by atoms with Crippen LogP contribution >= 0.6 is 11.3 Å². The topological polar surface area (TPSA) is 49.4 Å². The zero-order valence-corrected chi connectivity index (χ0v) is 12.0. The fourth-order valence-corrected chi connectivity index (χ4v) is 2.83. The average molecular weight is 280 g/mol. The molecule has 104 valence electrons. The Labute approximate surface area is 117 Å². The van der Waals surface area contributed by atoms with E-state index in [4.69, 9.17) is 0 Å². The Morgan fingerprint density at radius 2 is 2.16 bits per heavy atom. The molecule has 4 nitrogen and oxygen atoms in total. The quantitative estimate of drug-likeness (QED) is 0.918. The van der Waals surface area contributed by atoms with E-state index in [1.807, 2.05) is 16.3 Å². The van der Waals surface area contributed by atoms with Crippen LogP contribution in [0, 0.1) is 5.92 Å². The standard InChI is InChI=1S/C14H20N2O2S/c1-11-5-8-16(9-6-11)13(17)4-7-15-14(18)12-3-2-10-19-12/h2-3,10-11H,4-9H2,1H3,(H,15,18). The molecule has 0 atom stereocenters. The van der Waals surface area contributed by atoms with Gasteiger partial charge in [0.25, 0.3) is 5.91 Å². The van der Waals surface area contributed by atoms with Gasteiger partial charge in [-0.1, -0.05) is 13.0 Å². The zero-order chi connectivity index (χ0) is 13.7. The van der Waals surface area contributed by atoms with E-state index in [1.165, 1.54) is 11.3 Å². The first-order valence-electron chi connectivity index (χ1n) is 6.76. The fourth-order valence-electron chi connectivity index (χ4n) is 2.19. The summed E-state index contributed by atoms with van der Waals surface area (Å²) in [6, 6.07) is 3.63. The van der Waals surface area contributed by atoms with Gasteiger partial charge in [0.05, 0.1) is 4.88 Å². The molecule has 0 aliphatic carbocycles. The minimum absolute atomic E-state index is 0.0879. The molecule has 1 fully saturated rings. The predicted octanol–water partition coefficient (Wildman–Crippen LogP) is 2.13. The lowest BCUT2D eigenvalue weighted by atomic mass is 9.99. The van der Waals surface area contributed by atoms with E-state index in [0.29, 0.717) is 17.8 Å². The van der Waals surface area contributed by atoms with Crippen LogP contribution in [0.4, 0.5) is 0 Å². The van der Waals surface area contributed by atoms with Crippen molar-refractivity contribution in [2.24, 2.45) is 5.92 Å². The first kappa shape index (κ1) is 14.1. The van der Waals surface area contributed by atoms with Crippen molar-refractivity contribution in [1.82, 2.24) is 10.2 Å². The summed E-state index contributed by atoms with van der Waals surface area (Å²) in [6.07, 6.45) is 2.58. The highest BCUT2D eigenvalue weighted by molar-refractivity contribution is 7.12. The van der Waals surface area contributed by atoms with Gasteiger partial charge in [-0.05, 0) is 30.2 Å². The number of likely N-dealkylation sites (tertiary alicyclic amines) is 1. The first-order valence-corrected chi connectivity index (χ1v) is 7.64. The van der Waals surface area contributed by atoms with Gasteiger partial charge in [-0.25, -0.2) is 0 Å². The van der Waals surface area contributed by atoms with E-state index >= 15 is 0 Å². The van der Waals surface area contributed by atoms with Gasteiger partial charge < -0.3 is 10.2 Å². The number of carbonyl (C=O) groups excluding carboxylic acids is 2. The third-order valence-corrected chi connectivity index (χ3v) is 4.37. The van der Waals surface area contributed by atoms with Crippen LogP contribution in [-0.4, -0.2) is 36.3 Å². The average Bonchev–Trinajstić information content (AvgIpc) is 2.93. The van der Waals surface area contributed by atoms with Crippen LogP contribution in [0.1, 0.15) is 35.9 Å². The van der Waals surface area contributed by atoms with Crippen molar-refractivity contribution >= 4 is 23.2 Å². The summed E-state index contributed by atoms with van der Waals surface area (Å²) in [5.41, 5.74) is 0. The van der Waals surface area contributed by atoms with E-state index < -0.39 is 0 Å². The zero-order valence-electron chi connectivity index (χ0n) is 11.2. The number of amides is 2. The second-order valence-electron chi connectivity index (χ2n) is 5.05. The van der Waals surface area contributed by atoms with Gasteiger partial charge in [0.1, 0.15) is 0 Å². The van der Waals surface area contributed by atoms with Gasteiger partial charge >= 0.3 is 0 Å². The Balaban J connectivity index is 1.68. The smallest absolute Gasteiger partial charge is 0.261 e. The molecular weight excluding hydrogens is 260 g/mol. The third kappa shape index (κ3) is 4.06. The van der Waals surface area contributed by atoms with Gasteiger partial charge in [-0.2, -0.15) is 0 Å².